The van der Waals surface area contributed by atoms with Gasteiger partial charge in [0.05, 0.1) is 5.56 Å². The summed E-state index contributed by atoms with van der Waals surface area (Å²) in [6.45, 7) is 0.248. The summed E-state index contributed by atoms with van der Waals surface area (Å²) < 4.78 is 33.1. The van der Waals surface area contributed by atoms with Crippen molar-refractivity contribution in [1.29, 1.82) is 0 Å². The van der Waals surface area contributed by atoms with E-state index >= 15 is 0 Å². The Morgan fingerprint density at radius 1 is 0.886 bits per heavy atom. The molecule has 2 saturated heterocycles. The highest BCUT2D eigenvalue weighted by molar-refractivity contribution is 5.98. The fourth-order valence-electron chi connectivity index (χ4n) is 6.17. The van der Waals surface area contributed by atoms with Gasteiger partial charge in [0.1, 0.15) is 6.61 Å². The van der Waals surface area contributed by atoms with Gasteiger partial charge in [0, 0.05) is 23.9 Å². The second-order valence-electron chi connectivity index (χ2n) is 9.60. The van der Waals surface area contributed by atoms with Crippen LogP contribution in [0.3, 0.4) is 0 Å². The topological polar surface area (TPSA) is 59.5 Å². The molecule has 2 aromatic carbocycles. The van der Waals surface area contributed by atoms with Gasteiger partial charge in [-0.1, -0.05) is 48.5 Å². The molecule has 5 nitrogen and oxygen atoms in total. The molecule has 0 N–H and O–H groups in total. The molecular weight excluding hydrogens is 450 g/mol. The molecule has 6 rings (SSSR count). The average molecular weight is 475 g/mol. The Balaban J connectivity index is 1.15. The number of benzene rings is 2. The van der Waals surface area contributed by atoms with Gasteiger partial charge in [-0.15, -0.1) is 0 Å². The summed E-state index contributed by atoms with van der Waals surface area (Å²) in [6, 6.07) is 18.3. The van der Waals surface area contributed by atoms with Gasteiger partial charge < -0.3 is 9.64 Å². The van der Waals surface area contributed by atoms with E-state index in [-0.39, 0.29) is 42.0 Å². The number of pyridine rings is 1. The monoisotopic (exact) mass is 474 g/mol. The van der Waals surface area contributed by atoms with Crippen LogP contribution in [0.15, 0.2) is 60.7 Å². The smallest absolute Gasteiger partial charge is 0.410 e. The zero-order chi connectivity index (χ0) is 24.1. The molecule has 3 heterocycles. The first-order valence-electron chi connectivity index (χ1n) is 12.0. The lowest BCUT2D eigenvalue weighted by atomic mass is 9.85. The molecule has 2 unspecified atom stereocenters. The molecule has 35 heavy (non-hydrogen) atoms. The van der Waals surface area contributed by atoms with Gasteiger partial charge in [0.2, 0.25) is 11.9 Å². The van der Waals surface area contributed by atoms with Gasteiger partial charge in [-0.2, -0.15) is 13.8 Å². The van der Waals surface area contributed by atoms with E-state index in [1.54, 1.807) is 4.90 Å². The molecule has 3 aliphatic rings. The van der Waals surface area contributed by atoms with E-state index in [1.165, 1.54) is 11.1 Å². The summed E-state index contributed by atoms with van der Waals surface area (Å²) in [4.78, 5) is 31.0. The van der Waals surface area contributed by atoms with Crippen LogP contribution in [-0.2, 0) is 4.74 Å². The van der Waals surface area contributed by atoms with Gasteiger partial charge >= 0.3 is 6.09 Å². The minimum Gasteiger partial charge on any atom is -0.448 e. The Morgan fingerprint density at radius 3 is 2.09 bits per heavy atom. The third-order valence-corrected chi connectivity index (χ3v) is 7.73. The number of aromatic nitrogens is 1. The number of amides is 1. The first kappa shape index (κ1) is 21.9. The second-order valence-corrected chi connectivity index (χ2v) is 9.60. The van der Waals surface area contributed by atoms with E-state index in [0.717, 1.165) is 36.1 Å². The van der Waals surface area contributed by atoms with Crippen molar-refractivity contribution in [3.05, 3.63) is 89.2 Å². The summed E-state index contributed by atoms with van der Waals surface area (Å²) in [5.74, 6) is -2.85. The molecule has 3 aromatic rings. The van der Waals surface area contributed by atoms with E-state index in [4.69, 9.17) is 4.74 Å². The predicted molar refractivity (Wildman–Crippen MR) is 125 cm³/mol. The quantitative estimate of drug-likeness (QED) is 0.358. The molecule has 0 radical (unpaired) electrons. The Kier molecular flexibility index (Phi) is 5.35. The molecule has 1 amide bonds. The Bertz CT molecular complexity index is 1270. The number of hydrogen-bond acceptors (Lipinski definition) is 4. The summed E-state index contributed by atoms with van der Waals surface area (Å²) in [5, 5.41) is 0. The van der Waals surface area contributed by atoms with Crippen LogP contribution in [0.1, 0.15) is 53.1 Å². The molecule has 1 aromatic heterocycles. The highest BCUT2D eigenvalue weighted by Crippen LogP contribution is 2.45. The number of halogens is 2. The van der Waals surface area contributed by atoms with Crippen LogP contribution < -0.4 is 0 Å². The fraction of sp³-hybridized carbons (Fsp3) is 0.321. The van der Waals surface area contributed by atoms with Gasteiger partial charge in [-0.3, -0.25) is 4.79 Å². The van der Waals surface area contributed by atoms with Crippen molar-refractivity contribution in [3.63, 3.8) is 0 Å². The van der Waals surface area contributed by atoms with Gasteiger partial charge in [0.25, 0.3) is 0 Å². The first-order valence-corrected chi connectivity index (χ1v) is 12.0. The van der Waals surface area contributed by atoms with Crippen molar-refractivity contribution < 1.29 is 23.1 Å². The SMILES string of the molecule is O=C(c1ccc(F)nc1F)C1CC2CCC(C1)N2C(=O)OCC1c2ccccc2-c2ccccc21. The Morgan fingerprint density at radius 2 is 1.49 bits per heavy atom. The maximum Gasteiger partial charge on any atom is 0.410 e. The molecule has 7 heteroatoms. The number of Topliss-reactive ketones (excluding diaryl/α,β-unsaturated/α-hetero) is 1. The van der Waals surface area contributed by atoms with Crippen LogP contribution >= 0.6 is 0 Å². The fourth-order valence-corrected chi connectivity index (χ4v) is 6.17. The van der Waals surface area contributed by atoms with E-state index in [9.17, 15) is 18.4 Å². The Hall–Kier alpha value is -3.61. The van der Waals surface area contributed by atoms with Gasteiger partial charge in [-0.25, -0.2) is 4.79 Å². The zero-order valence-electron chi connectivity index (χ0n) is 19.0. The standard InChI is InChI=1S/C28H24F2N2O3/c29-25-12-11-23(27(30)31-25)26(33)16-13-17-9-10-18(14-16)32(17)28(34)35-15-24-21-7-3-1-5-19(21)20-6-2-4-8-22(20)24/h1-8,11-12,16-18,24H,9-10,13-15H2. The van der Waals surface area contributed by atoms with Crippen LogP contribution in [0.4, 0.5) is 13.6 Å². The largest absolute Gasteiger partial charge is 0.448 e. The Labute approximate surface area is 201 Å². The predicted octanol–water partition coefficient (Wildman–Crippen LogP) is 5.73. The molecule has 1 aliphatic carbocycles. The molecule has 0 saturated carbocycles. The van der Waals surface area contributed by atoms with Crippen molar-refractivity contribution in [2.75, 3.05) is 6.61 Å². The number of hydrogen-bond donors (Lipinski definition) is 0. The van der Waals surface area contributed by atoms with Crippen molar-refractivity contribution in [2.24, 2.45) is 5.92 Å². The maximum atomic E-state index is 14.1. The van der Waals surface area contributed by atoms with E-state index in [0.29, 0.717) is 12.8 Å². The summed E-state index contributed by atoms with van der Waals surface area (Å²) in [6.07, 6.45) is 2.08. The number of nitrogens with zero attached hydrogens (tertiary/aromatic N) is 2. The number of carbonyl (C=O) groups is 2. The van der Waals surface area contributed by atoms with Gasteiger partial charge in [-0.05, 0) is 60.1 Å². The molecular formula is C28H24F2N2O3. The van der Waals surface area contributed by atoms with Crippen LogP contribution in [0.2, 0.25) is 0 Å². The van der Waals surface area contributed by atoms with Crippen LogP contribution in [-0.4, -0.2) is 40.5 Å². The van der Waals surface area contributed by atoms with Crippen molar-refractivity contribution in [3.8, 4) is 11.1 Å². The maximum absolute atomic E-state index is 14.1. The number of rotatable bonds is 4. The highest BCUT2D eigenvalue weighted by Gasteiger charge is 2.46. The number of ketones is 1. The lowest BCUT2D eigenvalue weighted by Crippen LogP contribution is -2.48. The van der Waals surface area contributed by atoms with Gasteiger partial charge in [0.15, 0.2) is 5.78 Å². The van der Waals surface area contributed by atoms with Crippen LogP contribution in [0.5, 0.6) is 0 Å². The van der Waals surface area contributed by atoms with Crippen molar-refractivity contribution >= 4 is 11.9 Å². The third kappa shape index (κ3) is 3.70. The minimum atomic E-state index is -1.08. The minimum absolute atomic E-state index is 0.0166. The third-order valence-electron chi connectivity index (χ3n) is 7.73. The molecule has 0 spiro atoms. The number of fused-ring (bicyclic) bond motifs is 5. The first-order chi connectivity index (χ1) is 17.0. The summed E-state index contributed by atoms with van der Waals surface area (Å²) in [5.41, 5.74) is 4.47. The lowest BCUT2D eigenvalue weighted by Gasteiger charge is -2.37. The molecule has 2 bridgehead atoms. The highest BCUT2D eigenvalue weighted by atomic mass is 19.1. The molecule has 2 atom stereocenters. The van der Waals surface area contributed by atoms with Crippen LogP contribution in [0, 0.1) is 17.8 Å². The second kappa shape index (κ2) is 8.56. The molecule has 2 fully saturated rings. The normalized spacial score (nSPS) is 22.6. The van der Waals surface area contributed by atoms with Crippen molar-refractivity contribution in [2.45, 2.75) is 43.7 Å². The molecule has 2 aliphatic heterocycles. The van der Waals surface area contributed by atoms with Crippen molar-refractivity contribution in [1.82, 2.24) is 9.88 Å². The lowest BCUT2D eigenvalue weighted by molar-refractivity contribution is 0.0504. The number of carbonyl (C=O) groups excluding carboxylic acids is 2. The number of piperidine rings is 1. The summed E-state index contributed by atoms with van der Waals surface area (Å²) >= 11 is 0. The van der Waals surface area contributed by atoms with Crippen LogP contribution in [0.25, 0.3) is 11.1 Å². The van der Waals surface area contributed by atoms with E-state index < -0.39 is 17.8 Å². The van der Waals surface area contributed by atoms with E-state index in [2.05, 4.69) is 29.2 Å². The molecule has 178 valence electrons. The summed E-state index contributed by atoms with van der Waals surface area (Å²) in [7, 11) is 0. The zero-order valence-corrected chi connectivity index (χ0v) is 19.0. The average Bonchev–Trinajstić information content (AvgIpc) is 3.33. The number of ether oxygens (including phenoxy) is 1. The van der Waals surface area contributed by atoms with E-state index in [1.807, 2.05) is 24.3 Å².